The minimum absolute atomic E-state index is 0.0599. The Labute approximate surface area is 129 Å². The molecule has 2 aromatic carbocycles. The van der Waals surface area contributed by atoms with Crippen molar-refractivity contribution in [3.63, 3.8) is 0 Å². The SMILES string of the molecule is CCN(C(=O)c1cccc(NC(N)=S)c1)c1ccccc1. The van der Waals surface area contributed by atoms with E-state index in [9.17, 15) is 4.79 Å². The predicted octanol–water partition coefficient (Wildman–Crippen LogP) is 3.01. The number of nitrogens with one attached hydrogen (secondary N) is 1. The molecule has 0 saturated carbocycles. The number of amides is 1. The molecular weight excluding hydrogens is 282 g/mol. The first-order valence-electron chi connectivity index (χ1n) is 6.65. The number of hydrogen-bond donors (Lipinski definition) is 2. The van der Waals surface area contributed by atoms with Crippen LogP contribution in [-0.2, 0) is 0 Å². The normalized spacial score (nSPS) is 9.95. The van der Waals surface area contributed by atoms with Gasteiger partial charge in [-0.3, -0.25) is 4.79 Å². The summed E-state index contributed by atoms with van der Waals surface area (Å²) >= 11 is 4.81. The second kappa shape index (κ2) is 6.85. The highest BCUT2D eigenvalue weighted by Gasteiger charge is 2.16. The fraction of sp³-hybridized carbons (Fsp3) is 0.125. The van der Waals surface area contributed by atoms with Crippen LogP contribution in [0.25, 0.3) is 0 Å². The zero-order chi connectivity index (χ0) is 15.2. The third-order valence-corrected chi connectivity index (χ3v) is 3.11. The Hall–Kier alpha value is -2.40. The van der Waals surface area contributed by atoms with Crippen LogP contribution in [0.4, 0.5) is 11.4 Å². The Kier molecular flexibility index (Phi) is 4.90. The van der Waals surface area contributed by atoms with Gasteiger partial charge in [0, 0.05) is 23.5 Å². The Bertz CT molecular complexity index is 643. The molecule has 4 nitrogen and oxygen atoms in total. The van der Waals surface area contributed by atoms with E-state index >= 15 is 0 Å². The lowest BCUT2D eigenvalue weighted by atomic mass is 10.1. The van der Waals surface area contributed by atoms with Gasteiger partial charge < -0.3 is 16.0 Å². The van der Waals surface area contributed by atoms with Crippen LogP contribution < -0.4 is 16.0 Å². The van der Waals surface area contributed by atoms with Gasteiger partial charge in [-0.1, -0.05) is 24.3 Å². The number of benzene rings is 2. The Balaban J connectivity index is 2.28. The highest BCUT2D eigenvalue weighted by Crippen LogP contribution is 2.18. The van der Waals surface area contributed by atoms with Crippen molar-refractivity contribution in [1.29, 1.82) is 0 Å². The molecule has 0 spiro atoms. The number of anilines is 2. The molecular formula is C16H17N3OS. The maximum atomic E-state index is 12.6. The predicted molar refractivity (Wildman–Crippen MR) is 90.6 cm³/mol. The fourth-order valence-corrected chi connectivity index (χ4v) is 2.20. The molecule has 3 N–H and O–H groups in total. The highest BCUT2D eigenvalue weighted by atomic mass is 32.1. The molecule has 2 aromatic rings. The molecule has 0 atom stereocenters. The maximum absolute atomic E-state index is 12.6. The standard InChI is InChI=1S/C16H17N3OS/c1-2-19(14-9-4-3-5-10-14)15(20)12-7-6-8-13(11-12)18-16(17)21/h3-11H,2H2,1H3,(H3,17,18,21). The number of rotatable bonds is 4. The lowest BCUT2D eigenvalue weighted by Gasteiger charge is -2.21. The van der Waals surface area contributed by atoms with E-state index in [4.69, 9.17) is 18.0 Å². The zero-order valence-corrected chi connectivity index (χ0v) is 12.6. The van der Waals surface area contributed by atoms with Crippen molar-refractivity contribution < 1.29 is 4.79 Å². The minimum atomic E-state index is -0.0599. The summed E-state index contributed by atoms with van der Waals surface area (Å²) in [6.45, 7) is 2.54. The van der Waals surface area contributed by atoms with E-state index in [1.807, 2.05) is 43.3 Å². The molecule has 0 aliphatic carbocycles. The first-order chi connectivity index (χ1) is 10.1. The van der Waals surface area contributed by atoms with Gasteiger partial charge in [0.25, 0.3) is 5.91 Å². The number of carbonyl (C=O) groups is 1. The van der Waals surface area contributed by atoms with Crippen molar-refractivity contribution in [2.45, 2.75) is 6.92 Å². The van der Waals surface area contributed by atoms with E-state index in [-0.39, 0.29) is 11.0 Å². The van der Waals surface area contributed by atoms with E-state index in [2.05, 4.69) is 5.32 Å². The molecule has 21 heavy (non-hydrogen) atoms. The van der Waals surface area contributed by atoms with E-state index in [1.54, 1.807) is 23.1 Å². The van der Waals surface area contributed by atoms with Crippen molar-refractivity contribution in [3.05, 3.63) is 60.2 Å². The van der Waals surface area contributed by atoms with Crippen LogP contribution in [0, 0.1) is 0 Å². The molecule has 5 heteroatoms. The van der Waals surface area contributed by atoms with Gasteiger partial charge in [-0.15, -0.1) is 0 Å². The summed E-state index contributed by atoms with van der Waals surface area (Å²) in [4.78, 5) is 14.4. The van der Waals surface area contributed by atoms with Crippen LogP contribution in [-0.4, -0.2) is 17.6 Å². The lowest BCUT2D eigenvalue weighted by molar-refractivity contribution is 0.0988. The molecule has 0 bridgehead atoms. The minimum Gasteiger partial charge on any atom is -0.376 e. The summed E-state index contributed by atoms with van der Waals surface area (Å²) in [5.41, 5.74) is 7.62. The second-order valence-corrected chi connectivity index (χ2v) is 4.89. The molecule has 0 aliphatic rings. The zero-order valence-electron chi connectivity index (χ0n) is 11.7. The third kappa shape index (κ3) is 3.79. The summed E-state index contributed by atoms with van der Waals surface area (Å²) in [5, 5.41) is 3.01. The first-order valence-corrected chi connectivity index (χ1v) is 7.06. The average molecular weight is 299 g/mol. The van der Waals surface area contributed by atoms with Gasteiger partial charge in [-0.2, -0.15) is 0 Å². The van der Waals surface area contributed by atoms with Gasteiger partial charge in [-0.25, -0.2) is 0 Å². The van der Waals surface area contributed by atoms with Crippen molar-refractivity contribution in [1.82, 2.24) is 0 Å². The average Bonchev–Trinajstić information content (AvgIpc) is 2.48. The molecule has 0 aromatic heterocycles. The monoisotopic (exact) mass is 299 g/mol. The smallest absolute Gasteiger partial charge is 0.258 e. The molecule has 1 amide bonds. The molecule has 0 radical (unpaired) electrons. The van der Waals surface area contributed by atoms with Gasteiger partial charge in [0.1, 0.15) is 0 Å². The van der Waals surface area contributed by atoms with Crippen LogP contribution >= 0.6 is 12.2 Å². The summed E-state index contributed by atoms with van der Waals surface area (Å²) in [6.07, 6.45) is 0. The summed E-state index contributed by atoms with van der Waals surface area (Å²) in [7, 11) is 0. The third-order valence-electron chi connectivity index (χ3n) is 3.01. The van der Waals surface area contributed by atoms with E-state index < -0.39 is 0 Å². The van der Waals surface area contributed by atoms with E-state index in [0.29, 0.717) is 17.8 Å². The van der Waals surface area contributed by atoms with Crippen molar-refractivity contribution in [2.24, 2.45) is 5.73 Å². The number of hydrogen-bond acceptors (Lipinski definition) is 2. The Morgan fingerprint density at radius 1 is 1.19 bits per heavy atom. The van der Waals surface area contributed by atoms with Crippen molar-refractivity contribution in [2.75, 3.05) is 16.8 Å². The number of nitrogens with zero attached hydrogens (tertiary/aromatic N) is 1. The van der Waals surface area contributed by atoms with Crippen LogP contribution in [0.1, 0.15) is 17.3 Å². The molecule has 0 heterocycles. The Morgan fingerprint density at radius 2 is 1.90 bits per heavy atom. The fourth-order valence-electron chi connectivity index (χ4n) is 2.08. The molecule has 0 aliphatic heterocycles. The summed E-state index contributed by atoms with van der Waals surface area (Å²) in [6, 6.07) is 16.7. The largest absolute Gasteiger partial charge is 0.376 e. The number of nitrogens with two attached hydrogens (primary N) is 1. The quantitative estimate of drug-likeness (QED) is 0.852. The van der Waals surface area contributed by atoms with Crippen molar-refractivity contribution in [3.8, 4) is 0 Å². The topological polar surface area (TPSA) is 58.4 Å². The molecule has 108 valence electrons. The second-order valence-electron chi connectivity index (χ2n) is 4.46. The summed E-state index contributed by atoms with van der Waals surface area (Å²) in [5.74, 6) is -0.0599. The van der Waals surface area contributed by atoms with E-state index in [0.717, 1.165) is 5.69 Å². The first kappa shape index (κ1) is 15.0. The van der Waals surface area contributed by atoms with Crippen LogP contribution in [0.15, 0.2) is 54.6 Å². The highest BCUT2D eigenvalue weighted by molar-refractivity contribution is 7.80. The molecule has 2 rings (SSSR count). The molecule has 0 fully saturated rings. The number of thiocarbonyl (C=S) groups is 1. The number of carbonyl (C=O) groups excluding carboxylic acids is 1. The maximum Gasteiger partial charge on any atom is 0.258 e. The molecule has 0 saturated heterocycles. The molecule has 0 unspecified atom stereocenters. The summed E-state index contributed by atoms with van der Waals surface area (Å²) < 4.78 is 0. The van der Waals surface area contributed by atoms with Crippen molar-refractivity contribution >= 4 is 34.6 Å². The van der Waals surface area contributed by atoms with Gasteiger partial charge in [0.15, 0.2) is 5.11 Å². The lowest BCUT2D eigenvalue weighted by Crippen LogP contribution is -2.30. The van der Waals surface area contributed by atoms with Gasteiger partial charge in [0.05, 0.1) is 0 Å². The number of para-hydroxylation sites is 1. The van der Waals surface area contributed by atoms with Crippen LogP contribution in [0.2, 0.25) is 0 Å². The van der Waals surface area contributed by atoms with Gasteiger partial charge in [0.2, 0.25) is 0 Å². The van der Waals surface area contributed by atoms with Gasteiger partial charge in [-0.05, 0) is 49.5 Å². The van der Waals surface area contributed by atoms with E-state index in [1.165, 1.54) is 0 Å². The van der Waals surface area contributed by atoms with Crippen LogP contribution in [0.5, 0.6) is 0 Å². The Morgan fingerprint density at radius 3 is 2.52 bits per heavy atom. The van der Waals surface area contributed by atoms with Gasteiger partial charge >= 0.3 is 0 Å². The van der Waals surface area contributed by atoms with Crippen LogP contribution in [0.3, 0.4) is 0 Å².